The van der Waals surface area contributed by atoms with Crippen LogP contribution in [0.3, 0.4) is 0 Å². The molecule has 5 heavy (non-hydrogen) atoms. The van der Waals surface area contributed by atoms with Gasteiger partial charge in [-0.3, -0.25) is 0 Å². The van der Waals surface area contributed by atoms with Crippen LogP contribution in [0.5, 0.6) is 0 Å². The summed E-state index contributed by atoms with van der Waals surface area (Å²) in [4.78, 5) is 0. The van der Waals surface area contributed by atoms with Gasteiger partial charge in [-0.15, -0.1) is 0 Å². The van der Waals surface area contributed by atoms with Crippen LogP contribution in [0.4, 0.5) is 0 Å². The topological polar surface area (TPSA) is 51.2 Å². The maximum absolute atomic E-state index is 8.50. The fourth-order valence-corrected chi connectivity index (χ4v) is 0. The van der Waals surface area contributed by atoms with Crippen LogP contribution in [0.2, 0.25) is 0 Å². The van der Waals surface area contributed by atoms with Gasteiger partial charge in [0.2, 0.25) is 0 Å². The summed E-state index contributed by atoms with van der Waals surface area (Å²) in [6.07, 6.45) is 0. The van der Waals surface area contributed by atoms with Crippen LogP contribution < -0.4 is 0 Å². The molecular formula is HfO3Ti. The van der Waals surface area contributed by atoms with Crippen LogP contribution in [0.1, 0.15) is 0 Å². The molecule has 0 unspecified atom stereocenters. The van der Waals surface area contributed by atoms with Crippen molar-refractivity contribution in [2.75, 3.05) is 0 Å². The summed E-state index contributed by atoms with van der Waals surface area (Å²) in [7, 11) is 0. The van der Waals surface area contributed by atoms with Crippen molar-refractivity contribution in [2.45, 2.75) is 0 Å². The van der Waals surface area contributed by atoms with Gasteiger partial charge in [0, 0.05) is 0 Å². The molecule has 3 nitrogen and oxygen atoms in total. The summed E-state index contributed by atoms with van der Waals surface area (Å²) < 4.78 is 25.4. The molecule has 0 saturated carbocycles. The fraction of sp³-hybridized carbons (Fsp3) is 0. The third-order valence-electron chi connectivity index (χ3n) is 0. The first-order valence-electron chi connectivity index (χ1n) is 0.612. The standard InChI is InChI=1S/Hf.3O.Ti. The molecule has 0 fully saturated rings. The second kappa shape index (κ2) is 20.1. The molecule has 0 aromatic heterocycles. The van der Waals surface area contributed by atoms with Gasteiger partial charge in [0.05, 0.1) is 0 Å². The summed E-state index contributed by atoms with van der Waals surface area (Å²) in [6.45, 7) is 0. The number of hydrogen-bond acceptors (Lipinski definition) is 3. The predicted octanol–water partition coefficient (Wildman–Crippen LogP) is -0.361. The molecule has 0 atom stereocenters. The second-order valence-corrected chi connectivity index (χ2v) is 0.344. The van der Waals surface area contributed by atoms with Crippen LogP contribution in [0.25, 0.3) is 0 Å². The van der Waals surface area contributed by atoms with Gasteiger partial charge >= 0.3 is 53.0 Å². The van der Waals surface area contributed by atoms with E-state index < -0.39 is 19.1 Å². The Kier molecular flexibility index (Phi) is 37.6. The van der Waals surface area contributed by atoms with Crippen molar-refractivity contribution in [3.05, 3.63) is 0 Å². The molecule has 0 bridgehead atoms. The summed E-state index contributed by atoms with van der Waals surface area (Å²) in [5, 5.41) is 0. The molecule has 0 aromatic carbocycles. The van der Waals surface area contributed by atoms with Gasteiger partial charge in [-0.05, 0) is 0 Å². The minimum absolute atomic E-state index is 0.0556. The normalized spacial score (nSPS) is 2.20. The summed E-state index contributed by atoms with van der Waals surface area (Å²) >= 11 is -1.94. The van der Waals surface area contributed by atoms with Crippen LogP contribution in [-0.2, 0) is 53.0 Å². The molecule has 0 aliphatic carbocycles. The van der Waals surface area contributed by atoms with Crippen molar-refractivity contribution < 1.29 is 53.0 Å². The average molecular weight is 274 g/mol. The zero-order chi connectivity index (χ0) is 4.71. The van der Waals surface area contributed by atoms with Gasteiger partial charge in [-0.25, -0.2) is 0 Å². The van der Waals surface area contributed by atoms with Crippen molar-refractivity contribution in [1.82, 2.24) is 0 Å². The molecule has 0 N–H and O–H groups in total. The van der Waals surface area contributed by atoms with Crippen molar-refractivity contribution in [1.29, 1.82) is 0 Å². The van der Waals surface area contributed by atoms with E-state index in [1.54, 1.807) is 0 Å². The van der Waals surface area contributed by atoms with E-state index in [-0.39, 0.29) is 24.4 Å². The average Bonchev–Trinajstić information content (AvgIpc) is 1.46. The van der Waals surface area contributed by atoms with E-state index in [0.29, 0.717) is 0 Å². The van der Waals surface area contributed by atoms with Crippen LogP contribution in [0, 0.1) is 0 Å². The maximum atomic E-state index is 8.50. The Morgan fingerprint density at radius 1 is 1.20 bits per heavy atom. The van der Waals surface area contributed by atoms with Gasteiger partial charge in [0.15, 0.2) is 0 Å². The summed E-state index contributed by atoms with van der Waals surface area (Å²) in [5.74, 6) is 0. The first kappa shape index (κ1) is 9.37. The molecule has 0 rings (SSSR count). The van der Waals surface area contributed by atoms with Crippen molar-refractivity contribution in [3.8, 4) is 0 Å². The summed E-state index contributed by atoms with van der Waals surface area (Å²) in [6, 6.07) is 0. The van der Waals surface area contributed by atoms with E-state index in [4.69, 9.17) is 9.50 Å². The van der Waals surface area contributed by atoms with E-state index >= 15 is 0 Å². The number of rotatable bonds is 0. The Hall–Kier alpha value is 0.984. The molecule has 5 heteroatoms. The van der Waals surface area contributed by atoms with Gasteiger partial charge < -0.3 is 0 Å². The minimum atomic E-state index is -2.00. The molecule has 26 valence electrons. The molecule has 0 amide bonds. The molecule has 0 aromatic rings. The zero-order valence-corrected chi connectivity index (χ0v) is 7.38. The van der Waals surface area contributed by atoms with Crippen molar-refractivity contribution in [2.24, 2.45) is 0 Å². The van der Waals surface area contributed by atoms with Crippen LogP contribution >= 0.6 is 0 Å². The molecular weight excluding hydrogens is 274 g/mol. The van der Waals surface area contributed by atoms with E-state index in [9.17, 15) is 0 Å². The van der Waals surface area contributed by atoms with Gasteiger partial charge in [-0.2, -0.15) is 0 Å². The predicted molar refractivity (Wildman–Crippen MR) is 2.06 cm³/mol. The molecule has 0 saturated heterocycles. The van der Waals surface area contributed by atoms with Crippen LogP contribution in [-0.4, -0.2) is 0 Å². The second-order valence-electron chi connectivity index (χ2n) is 0.0833. The van der Waals surface area contributed by atoms with E-state index in [0.717, 1.165) is 0 Å². The van der Waals surface area contributed by atoms with E-state index in [1.165, 1.54) is 0 Å². The first-order valence-corrected chi connectivity index (χ1v) is 3.35. The fourth-order valence-electron chi connectivity index (χ4n) is 0. The van der Waals surface area contributed by atoms with Gasteiger partial charge in [0.1, 0.15) is 0 Å². The Morgan fingerprint density at radius 2 is 1.20 bits per heavy atom. The van der Waals surface area contributed by atoms with Gasteiger partial charge in [-0.1, -0.05) is 0 Å². The third kappa shape index (κ3) is 45.8. The van der Waals surface area contributed by atoms with Gasteiger partial charge in [0.25, 0.3) is 0 Å². The molecule has 0 aliphatic rings. The monoisotopic (exact) mass is 276 g/mol. The Bertz CT molecular complexity index is 36.2. The molecule has 0 aliphatic heterocycles. The SMILES string of the molecule is [O]=[Hf].[O]=[Ti]=[O]. The van der Waals surface area contributed by atoms with E-state index in [2.05, 4.69) is 0 Å². The summed E-state index contributed by atoms with van der Waals surface area (Å²) in [5.41, 5.74) is 0. The third-order valence-corrected chi connectivity index (χ3v) is 0. The molecule has 0 heterocycles. The zero-order valence-electron chi connectivity index (χ0n) is 2.22. The molecule has 0 radical (unpaired) electrons. The van der Waals surface area contributed by atoms with Crippen LogP contribution in [0.15, 0.2) is 0 Å². The number of hydrogen-bond donors (Lipinski definition) is 0. The first-order chi connectivity index (χ1) is 2.41. The molecule has 0 spiro atoms. The Morgan fingerprint density at radius 3 is 1.20 bits per heavy atom. The Balaban J connectivity index is 0. The Labute approximate surface area is 52.7 Å². The van der Waals surface area contributed by atoms with Crippen molar-refractivity contribution >= 4 is 0 Å². The quantitative estimate of drug-likeness (QED) is 0.567. The van der Waals surface area contributed by atoms with Crippen molar-refractivity contribution in [3.63, 3.8) is 0 Å². The van der Waals surface area contributed by atoms with E-state index in [1.807, 2.05) is 0 Å².